The summed E-state index contributed by atoms with van der Waals surface area (Å²) in [7, 11) is 0. The highest BCUT2D eigenvalue weighted by Gasteiger charge is 2.00. The summed E-state index contributed by atoms with van der Waals surface area (Å²) in [4.78, 5) is 3.22. The van der Waals surface area contributed by atoms with Crippen LogP contribution in [0.5, 0.6) is 0 Å². The van der Waals surface area contributed by atoms with Crippen LogP contribution in [0.25, 0.3) is 10.9 Å². The highest BCUT2D eigenvalue weighted by molar-refractivity contribution is 5.92. The molecular weight excluding hydrogens is 210 g/mol. The lowest BCUT2D eigenvalue weighted by molar-refractivity contribution is 1.41. The summed E-state index contributed by atoms with van der Waals surface area (Å²) in [5, 5.41) is 1.18. The molecule has 1 aromatic heterocycles. The number of nitrogens with one attached hydrogen (secondary N) is 3. The first kappa shape index (κ1) is 9.78. The van der Waals surface area contributed by atoms with Crippen LogP contribution < -0.4 is 10.9 Å². The van der Waals surface area contributed by atoms with E-state index < -0.39 is 0 Å². The molecule has 0 fully saturated rings. The summed E-state index contributed by atoms with van der Waals surface area (Å²) in [6, 6.07) is 18.2. The molecule has 0 atom stereocenters. The number of hydrazine groups is 1. The monoisotopic (exact) mass is 223 g/mol. The highest BCUT2D eigenvalue weighted by atomic mass is 15.4. The van der Waals surface area contributed by atoms with Gasteiger partial charge in [0.05, 0.1) is 11.4 Å². The molecule has 0 aliphatic carbocycles. The van der Waals surface area contributed by atoms with Crippen LogP contribution in [-0.4, -0.2) is 4.98 Å². The van der Waals surface area contributed by atoms with Crippen LogP contribution in [0.4, 0.5) is 11.4 Å². The largest absolute Gasteiger partial charge is 0.359 e. The Morgan fingerprint density at radius 3 is 2.41 bits per heavy atom. The Morgan fingerprint density at radius 1 is 0.765 bits per heavy atom. The van der Waals surface area contributed by atoms with Gasteiger partial charge in [-0.1, -0.05) is 36.4 Å². The first-order valence-corrected chi connectivity index (χ1v) is 5.57. The highest BCUT2D eigenvalue weighted by Crippen LogP contribution is 2.22. The minimum absolute atomic E-state index is 1.04. The molecule has 0 spiro atoms. The Hall–Kier alpha value is -2.42. The van der Waals surface area contributed by atoms with Crippen molar-refractivity contribution in [3.05, 3.63) is 60.8 Å². The second kappa shape index (κ2) is 4.22. The Morgan fingerprint density at radius 2 is 1.53 bits per heavy atom. The molecule has 3 heteroatoms. The van der Waals surface area contributed by atoms with Gasteiger partial charge in [0.15, 0.2) is 0 Å². The molecule has 3 aromatic rings. The van der Waals surface area contributed by atoms with E-state index in [4.69, 9.17) is 0 Å². The van der Waals surface area contributed by atoms with E-state index in [2.05, 4.69) is 28.0 Å². The second-order valence-corrected chi connectivity index (χ2v) is 3.86. The summed E-state index contributed by atoms with van der Waals surface area (Å²) in [6.07, 6.45) is 1.96. The number of hydrogen-bond donors (Lipinski definition) is 3. The van der Waals surface area contributed by atoms with Gasteiger partial charge in [-0.3, -0.25) is 5.43 Å². The number of anilines is 2. The van der Waals surface area contributed by atoms with Gasteiger partial charge in [-0.25, -0.2) is 0 Å². The van der Waals surface area contributed by atoms with Crippen molar-refractivity contribution in [2.75, 3.05) is 10.9 Å². The van der Waals surface area contributed by atoms with Crippen molar-refractivity contribution in [1.29, 1.82) is 0 Å². The molecule has 0 saturated carbocycles. The summed E-state index contributed by atoms with van der Waals surface area (Å²) >= 11 is 0. The third kappa shape index (κ3) is 1.95. The number of H-pyrrole nitrogens is 1. The molecular formula is C14H13N3. The molecule has 0 amide bonds. The molecule has 0 bridgehead atoms. The molecule has 2 aromatic carbocycles. The van der Waals surface area contributed by atoms with Crippen LogP contribution in [0, 0.1) is 0 Å². The van der Waals surface area contributed by atoms with E-state index >= 15 is 0 Å². The molecule has 3 rings (SSSR count). The number of fused-ring (bicyclic) bond motifs is 1. The fourth-order valence-corrected chi connectivity index (χ4v) is 1.84. The van der Waals surface area contributed by atoms with Crippen molar-refractivity contribution in [3.63, 3.8) is 0 Å². The summed E-state index contributed by atoms with van der Waals surface area (Å²) < 4.78 is 0. The summed E-state index contributed by atoms with van der Waals surface area (Å²) in [5.41, 5.74) is 9.59. The van der Waals surface area contributed by atoms with Crippen molar-refractivity contribution < 1.29 is 0 Å². The predicted molar refractivity (Wildman–Crippen MR) is 72.0 cm³/mol. The van der Waals surface area contributed by atoms with E-state index in [0.29, 0.717) is 0 Å². The van der Waals surface area contributed by atoms with E-state index in [1.807, 2.05) is 48.7 Å². The number of benzene rings is 2. The lowest BCUT2D eigenvalue weighted by atomic mass is 10.2. The Kier molecular flexibility index (Phi) is 2.43. The lowest BCUT2D eigenvalue weighted by Gasteiger charge is -2.08. The minimum atomic E-state index is 1.04. The third-order valence-electron chi connectivity index (χ3n) is 2.70. The molecule has 1 heterocycles. The molecule has 3 nitrogen and oxygen atoms in total. The zero-order chi connectivity index (χ0) is 11.5. The average molecular weight is 223 g/mol. The van der Waals surface area contributed by atoms with E-state index in [1.165, 1.54) is 5.39 Å². The first-order chi connectivity index (χ1) is 8.43. The van der Waals surface area contributed by atoms with Crippen LogP contribution in [0.15, 0.2) is 60.8 Å². The number of hydrogen-bond acceptors (Lipinski definition) is 2. The second-order valence-electron chi connectivity index (χ2n) is 3.86. The van der Waals surface area contributed by atoms with Crippen LogP contribution in [0.1, 0.15) is 0 Å². The van der Waals surface area contributed by atoms with Gasteiger partial charge in [0, 0.05) is 17.1 Å². The van der Waals surface area contributed by atoms with Crippen LogP contribution in [-0.2, 0) is 0 Å². The zero-order valence-corrected chi connectivity index (χ0v) is 9.27. The van der Waals surface area contributed by atoms with Crippen molar-refractivity contribution in [2.45, 2.75) is 0 Å². The zero-order valence-electron chi connectivity index (χ0n) is 9.27. The van der Waals surface area contributed by atoms with Crippen molar-refractivity contribution in [3.8, 4) is 0 Å². The number of aromatic amines is 1. The van der Waals surface area contributed by atoms with Crippen molar-refractivity contribution in [1.82, 2.24) is 4.98 Å². The van der Waals surface area contributed by atoms with Gasteiger partial charge < -0.3 is 10.4 Å². The predicted octanol–water partition coefficient (Wildman–Crippen LogP) is 3.61. The van der Waals surface area contributed by atoms with E-state index in [0.717, 1.165) is 16.9 Å². The molecule has 0 radical (unpaired) electrons. The Balaban J connectivity index is 1.82. The fraction of sp³-hybridized carbons (Fsp3) is 0. The van der Waals surface area contributed by atoms with Gasteiger partial charge in [-0.15, -0.1) is 0 Å². The summed E-state index contributed by atoms with van der Waals surface area (Å²) in [5.74, 6) is 0. The van der Waals surface area contributed by atoms with Gasteiger partial charge >= 0.3 is 0 Å². The topological polar surface area (TPSA) is 39.8 Å². The molecule has 0 aliphatic heterocycles. The average Bonchev–Trinajstić information content (AvgIpc) is 2.81. The van der Waals surface area contributed by atoms with Gasteiger partial charge in [0.25, 0.3) is 0 Å². The standard InChI is InChI=1S/C14H13N3/c1-2-6-11(7-3-1)16-17-14-10-15-13-9-5-4-8-12(13)14/h1-10,15-17H. The van der Waals surface area contributed by atoms with E-state index in [9.17, 15) is 0 Å². The number of rotatable bonds is 3. The van der Waals surface area contributed by atoms with Crippen molar-refractivity contribution in [2.24, 2.45) is 0 Å². The maximum Gasteiger partial charge on any atom is 0.0793 e. The molecule has 3 N–H and O–H groups in total. The smallest absolute Gasteiger partial charge is 0.0793 e. The third-order valence-corrected chi connectivity index (χ3v) is 2.70. The Labute approximate surface area is 99.4 Å². The van der Waals surface area contributed by atoms with Crippen LogP contribution >= 0.6 is 0 Å². The van der Waals surface area contributed by atoms with Gasteiger partial charge in [-0.2, -0.15) is 0 Å². The fourth-order valence-electron chi connectivity index (χ4n) is 1.84. The normalized spacial score (nSPS) is 10.4. The SMILES string of the molecule is c1ccc(NNc2c[nH]c3ccccc23)cc1. The van der Waals surface area contributed by atoms with E-state index in [1.54, 1.807) is 0 Å². The summed E-state index contributed by atoms with van der Waals surface area (Å²) in [6.45, 7) is 0. The molecule has 0 aliphatic rings. The van der Waals surface area contributed by atoms with Crippen molar-refractivity contribution >= 4 is 22.3 Å². The van der Waals surface area contributed by atoms with E-state index in [-0.39, 0.29) is 0 Å². The number of aromatic nitrogens is 1. The van der Waals surface area contributed by atoms with Crippen LogP contribution in [0.2, 0.25) is 0 Å². The molecule has 84 valence electrons. The number of para-hydroxylation sites is 2. The quantitative estimate of drug-likeness (QED) is 0.594. The van der Waals surface area contributed by atoms with Gasteiger partial charge in [0.2, 0.25) is 0 Å². The minimum Gasteiger partial charge on any atom is -0.359 e. The maximum atomic E-state index is 3.22. The van der Waals surface area contributed by atoms with Gasteiger partial charge in [-0.05, 0) is 18.2 Å². The van der Waals surface area contributed by atoms with Gasteiger partial charge in [0.1, 0.15) is 0 Å². The molecule has 0 saturated heterocycles. The molecule has 0 unspecified atom stereocenters. The molecule has 17 heavy (non-hydrogen) atoms. The lowest BCUT2D eigenvalue weighted by Crippen LogP contribution is -2.07. The van der Waals surface area contributed by atoms with Crippen LogP contribution in [0.3, 0.4) is 0 Å². The first-order valence-electron chi connectivity index (χ1n) is 5.57. The Bertz CT molecular complexity index is 613. The maximum absolute atomic E-state index is 3.22.